The minimum Gasteiger partial charge on any atom is -0.0985 e. The summed E-state index contributed by atoms with van der Waals surface area (Å²) >= 11 is 0. The normalized spacial score (nSPS) is 11.0. The zero-order chi connectivity index (χ0) is 18.9. The molecule has 0 saturated carbocycles. The molecular formula is C28H20. The Morgan fingerprint density at radius 3 is 1.75 bits per heavy atom. The average Bonchev–Trinajstić information content (AvgIpc) is 2.78. The number of benzene rings is 5. The molecule has 28 heavy (non-hydrogen) atoms. The van der Waals surface area contributed by atoms with E-state index in [2.05, 4.69) is 110 Å². The van der Waals surface area contributed by atoms with Crippen LogP contribution in [0.15, 0.2) is 110 Å². The molecule has 0 atom stereocenters. The molecule has 0 heterocycles. The Bertz CT molecular complexity index is 1310. The van der Waals surface area contributed by atoms with Gasteiger partial charge >= 0.3 is 0 Å². The molecule has 0 radical (unpaired) electrons. The summed E-state index contributed by atoms with van der Waals surface area (Å²) in [7, 11) is 0. The van der Waals surface area contributed by atoms with E-state index in [-0.39, 0.29) is 0 Å². The molecule has 0 fully saturated rings. The summed E-state index contributed by atoms with van der Waals surface area (Å²) in [6, 6.07) is 37.0. The van der Waals surface area contributed by atoms with E-state index in [9.17, 15) is 0 Å². The van der Waals surface area contributed by atoms with Crippen LogP contribution in [-0.2, 0) is 0 Å². The number of rotatable bonds is 3. The van der Waals surface area contributed by atoms with Crippen LogP contribution in [0.25, 0.3) is 49.9 Å². The van der Waals surface area contributed by atoms with Crippen LogP contribution in [0.1, 0.15) is 5.56 Å². The van der Waals surface area contributed by atoms with Crippen LogP contribution in [-0.4, -0.2) is 0 Å². The summed E-state index contributed by atoms with van der Waals surface area (Å²) in [5.41, 5.74) is 6.15. The Balaban J connectivity index is 1.71. The summed E-state index contributed by atoms with van der Waals surface area (Å²) in [5, 5.41) is 5.10. The van der Waals surface area contributed by atoms with Gasteiger partial charge in [-0.05, 0) is 55.4 Å². The fourth-order valence-corrected chi connectivity index (χ4v) is 3.96. The fourth-order valence-electron chi connectivity index (χ4n) is 3.96. The largest absolute Gasteiger partial charge is 0.0985 e. The van der Waals surface area contributed by atoms with Crippen LogP contribution in [0.3, 0.4) is 0 Å². The molecule has 0 spiro atoms. The molecule has 132 valence electrons. The van der Waals surface area contributed by atoms with E-state index in [0.29, 0.717) is 0 Å². The van der Waals surface area contributed by atoms with Crippen molar-refractivity contribution < 1.29 is 0 Å². The second-order valence-corrected chi connectivity index (χ2v) is 7.09. The van der Waals surface area contributed by atoms with Crippen molar-refractivity contribution in [3.63, 3.8) is 0 Å². The first kappa shape index (κ1) is 16.5. The van der Waals surface area contributed by atoms with Crippen LogP contribution < -0.4 is 0 Å². The van der Waals surface area contributed by atoms with Gasteiger partial charge in [0.2, 0.25) is 0 Å². The Morgan fingerprint density at radius 2 is 1.07 bits per heavy atom. The van der Waals surface area contributed by atoms with Gasteiger partial charge in [-0.25, -0.2) is 0 Å². The van der Waals surface area contributed by atoms with Gasteiger partial charge in [-0.2, -0.15) is 0 Å². The molecular weight excluding hydrogens is 336 g/mol. The Labute approximate surface area is 165 Å². The predicted molar refractivity (Wildman–Crippen MR) is 122 cm³/mol. The molecule has 0 saturated heterocycles. The van der Waals surface area contributed by atoms with Gasteiger partial charge in [-0.15, -0.1) is 0 Å². The highest BCUT2D eigenvalue weighted by Gasteiger charge is 2.09. The van der Waals surface area contributed by atoms with Crippen molar-refractivity contribution in [2.45, 2.75) is 0 Å². The van der Waals surface area contributed by atoms with E-state index in [1.165, 1.54) is 43.8 Å². The molecule has 5 aromatic carbocycles. The zero-order valence-electron chi connectivity index (χ0n) is 15.6. The van der Waals surface area contributed by atoms with Gasteiger partial charge in [0.15, 0.2) is 0 Å². The van der Waals surface area contributed by atoms with Gasteiger partial charge in [-0.3, -0.25) is 0 Å². The minimum absolute atomic E-state index is 1.14. The van der Waals surface area contributed by atoms with E-state index in [4.69, 9.17) is 0 Å². The maximum absolute atomic E-state index is 3.85. The zero-order valence-corrected chi connectivity index (χ0v) is 15.6. The van der Waals surface area contributed by atoms with Gasteiger partial charge in [0, 0.05) is 0 Å². The van der Waals surface area contributed by atoms with Crippen molar-refractivity contribution in [1.29, 1.82) is 0 Å². The van der Waals surface area contributed by atoms with Crippen molar-refractivity contribution in [2.24, 2.45) is 0 Å². The minimum atomic E-state index is 1.14. The lowest BCUT2D eigenvalue weighted by molar-refractivity contribution is 1.62. The highest BCUT2D eigenvalue weighted by atomic mass is 14.1. The maximum Gasteiger partial charge on any atom is -0.00992 e. The van der Waals surface area contributed by atoms with Crippen molar-refractivity contribution in [3.05, 3.63) is 115 Å². The van der Waals surface area contributed by atoms with Crippen molar-refractivity contribution >= 4 is 27.6 Å². The molecule has 0 aliphatic rings. The van der Waals surface area contributed by atoms with Crippen LogP contribution >= 0.6 is 0 Å². The fraction of sp³-hybridized carbons (Fsp3) is 0. The van der Waals surface area contributed by atoms with Gasteiger partial charge in [-0.1, -0.05) is 110 Å². The smallest absolute Gasteiger partial charge is 0.00992 e. The molecule has 5 aromatic rings. The van der Waals surface area contributed by atoms with E-state index in [1.54, 1.807) is 0 Å². The molecule has 0 aliphatic carbocycles. The molecule has 0 unspecified atom stereocenters. The number of fused-ring (bicyclic) bond motifs is 2. The Kier molecular flexibility index (Phi) is 4.03. The number of hydrogen-bond donors (Lipinski definition) is 0. The molecule has 0 N–H and O–H groups in total. The summed E-state index contributed by atoms with van der Waals surface area (Å²) in [4.78, 5) is 0. The van der Waals surface area contributed by atoms with Gasteiger partial charge in [0.25, 0.3) is 0 Å². The van der Waals surface area contributed by atoms with E-state index in [1.807, 2.05) is 6.08 Å². The first-order valence-corrected chi connectivity index (χ1v) is 9.57. The summed E-state index contributed by atoms with van der Waals surface area (Å²) in [6.45, 7) is 3.85. The third kappa shape index (κ3) is 2.80. The van der Waals surface area contributed by atoms with Crippen LogP contribution in [0.2, 0.25) is 0 Å². The second kappa shape index (κ2) is 6.83. The van der Waals surface area contributed by atoms with Gasteiger partial charge in [0.05, 0.1) is 0 Å². The second-order valence-electron chi connectivity index (χ2n) is 7.09. The monoisotopic (exact) mass is 356 g/mol. The molecule has 0 aliphatic heterocycles. The summed E-state index contributed by atoms with van der Waals surface area (Å²) in [6.07, 6.45) is 1.88. The summed E-state index contributed by atoms with van der Waals surface area (Å²) < 4.78 is 0. The Hall–Kier alpha value is -3.64. The topological polar surface area (TPSA) is 0 Å². The molecule has 5 rings (SSSR count). The van der Waals surface area contributed by atoms with E-state index in [0.717, 1.165) is 5.56 Å². The third-order valence-corrected chi connectivity index (χ3v) is 5.44. The lowest BCUT2D eigenvalue weighted by atomic mass is 9.91. The standard InChI is InChI=1S/C28H20/c1-2-20-11-13-22(14-12-20)25-17-18-26(28-10-6-5-9-27(25)28)24-16-15-21-7-3-4-8-23(21)19-24/h2-19H,1H2. The molecule has 0 amide bonds. The first-order chi connectivity index (χ1) is 13.8. The van der Waals surface area contributed by atoms with Gasteiger partial charge in [0.1, 0.15) is 0 Å². The van der Waals surface area contributed by atoms with Crippen LogP contribution in [0.4, 0.5) is 0 Å². The summed E-state index contributed by atoms with van der Waals surface area (Å²) in [5.74, 6) is 0. The van der Waals surface area contributed by atoms with Crippen molar-refractivity contribution in [2.75, 3.05) is 0 Å². The third-order valence-electron chi connectivity index (χ3n) is 5.44. The number of hydrogen-bond acceptors (Lipinski definition) is 0. The SMILES string of the molecule is C=Cc1ccc(-c2ccc(-c3ccc4ccccc4c3)c3ccccc23)cc1. The Morgan fingerprint density at radius 1 is 0.500 bits per heavy atom. The van der Waals surface area contributed by atoms with Crippen molar-refractivity contribution in [3.8, 4) is 22.3 Å². The molecule has 0 heteroatoms. The molecule has 0 bridgehead atoms. The van der Waals surface area contributed by atoms with Gasteiger partial charge < -0.3 is 0 Å². The van der Waals surface area contributed by atoms with Crippen LogP contribution in [0.5, 0.6) is 0 Å². The molecule has 0 aromatic heterocycles. The van der Waals surface area contributed by atoms with Crippen molar-refractivity contribution in [1.82, 2.24) is 0 Å². The van der Waals surface area contributed by atoms with E-state index < -0.39 is 0 Å². The molecule has 0 nitrogen and oxygen atoms in total. The predicted octanol–water partition coefficient (Wildman–Crippen LogP) is 7.97. The lowest BCUT2D eigenvalue weighted by Crippen LogP contribution is -1.86. The quantitative estimate of drug-likeness (QED) is 0.307. The highest BCUT2D eigenvalue weighted by molar-refractivity contribution is 6.05. The lowest BCUT2D eigenvalue weighted by Gasteiger charge is -2.13. The van der Waals surface area contributed by atoms with Crippen LogP contribution in [0, 0.1) is 0 Å². The first-order valence-electron chi connectivity index (χ1n) is 9.57. The van der Waals surface area contributed by atoms with E-state index >= 15 is 0 Å². The highest BCUT2D eigenvalue weighted by Crippen LogP contribution is 2.36. The average molecular weight is 356 g/mol. The maximum atomic E-state index is 3.85.